The van der Waals surface area contributed by atoms with E-state index in [1.54, 1.807) is 31.4 Å². The molecule has 2 aromatic heterocycles. The minimum Gasteiger partial charge on any atom is -0.497 e. The molecule has 35 heavy (non-hydrogen) atoms. The molecule has 0 radical (unpaired) electrons. The standard InChI is InChI=1S/C27H28F2N4O2/c1-5-16(2)18-6-8-19(9-7-18)17(3)31-27(34)22-15-30-33-24(25(28)29)14-23(32-26(22)33)20-10-12-21(35-4)13-11-20/h6-17,25H,5H2,1-4H3,(H,31,34)/t16-,17-/m1/s1. The van der Waals surface area contributed by atoms with Crippen LogP contribution in [-0.4, -0.2) is 27.6 Å². The molecule has 0 unspecified atom stereocenters. The highest BCUT2D eigenvalue weighted by Crippen LogP contribution is 2.28. The summed E-state index contributed by atoms with van der Waals surface area (Å²) in [6.07, 6.45) is -0.469. The molecule has 0 bridgehead atoms. The first kappa shape index (κ1) is 24.3. The number of fused-ring (bicyclic) bond motifs is 1. The SMILES string of the molecule is CC[C@@H](C)c1ccc([C@@H](C)NC(=O)c2cnn3c(C(F)F)cc(-c4ccc(OC)cc4)nc23)cc1. The second-order valence-electron chi connectivity index (χ2n) is 8.56. The summed E-state index contributed by atoms with van der Waals surface area (Å²) < 4.78 is 33.9. The lowest BCUT2D eigenvalue weighted by Crippen LogP contribution is -2.26. The fourth-order valence-electron chi connectivity index (χ4n) is 3.92. The lowest BCUT2D eigenvalue weighted by atomic mass is 9.96. The lowest BCUT2D eigenvalue weighted by Gasteiger charge is -2.16. The molecular formula is C27H28F2N4O2. The van der Waals surface area contributed by atoms with Crippen LogP contribution >= 0.6 is 0 Å². The summed E-state index contributed by atoms with van der Waals surface area (Å²) in [7, 11) is 1.55. The number of rotatable bonds is 8. The zero-order valence-electron chi connectivity index (χ0n) is 20.1. The summed E-state index contributed by atoms with van der Waals surface area (Å²) in [5.74, 6) is 0.667. The van der Waals surface area contributed by atoms with Gasteiger partial charge in [0.15, 0.2) is 5.65 Å². The van der Waals surface area contributed by atoms with E-state index >= 15 is 0 Å². The Kier molecular flexibility index (Phi) is 7.10. The Bertz CT molecular complexity index is 1320. The highest BCUT2D eigenvalue weighted by atomic mass is 19.3. The van der Waals surface area contributed by atoms with Gasteiger partial charge < -0.3 is 10.1 Å². The zero-order chi connectivity index (χ0) is 25.1. The molecule has 2 aromatic carbocycles. The van der Waals surface area contributed by atoms with E-state index in [9.17, 15) is 13.6 Å². The third-order valence-electron chi connectivity index (χ3n) is 6.32. The Hall–Kier alpha value is -3.81. The number of ether oxygens (including phenoxy) is 1. The van der Waals surface area contributed by atoms with E-state index in [1.807, 2.05) is 19.1 Å². The number of nitrogens with one attached hydrogen (secondary N) is 1. The van der Waals surface area contributed by atoms with Crippen LogP contribution in [0.5, 0.6) is 5.75 Å². The number of hydrogen-bond acceptors (Lipinski definition) is 4. The van der Waals surface area contributed by atoms with Gasteiger partial charge in [0.2, 0.25) is 0 Å². The fourth-order valence-corrected chi connectivity index (χ4v) is 3.92. The van der Waals surface area contributed by atoms with Crippen LogP contribution in [-0.2, 0) is 0 Å². The van der Waals surface area contributed by atoms with E-state index in [0.29, 0.717) is 22.9 Å². The molecule has 8 heteroatoms. The van der Waals surface area contributed by atoms with E-state index < -0.39 is 12.3 Å². The van der Waals surface area contributed by atoms with Crippen molar-refractivity contribution in [1.29, 1.82) is 0 Å². The molecule has 0 saturated carbocycles. The smallest absolute Gasteiger partial charge is 0.280 e. The van der Waals surface area contributed by atoms with Crippen molar-refractivity contribution in [2.24, 2.45) is 0 Å². The molecule has 4 rings (SSSR count). The topological polar surface area (TPSA) is 68.5 Å². The second-order valence-corrected chi connectivity index (χ2v) is 8.56. The number of aromatic nitrogens is 3. The van der Waals surface area contributed by atoms with Crippen LogP contribution < -0.4 is 10.1 Å². The van der Waals surface area contributed by atoms with Gasteiger partial charge in [-0.25, -0.2) is 18.3 Å². The largest absolute Gasteiger partial charge is 0.497 e. The molecule has 1 N–H and O–H groups in total. The first-order valence-electron chi connectivity index (χ1n) is 11.5. The molecule has 2 atom stereocenters. The summed E-state index contributed by atoms with van der Waals surface area (Å²) in [6.45, 7) is 6.19. The summed E-state index contributed by atoms with van der Waals surface area (Å²) >= 11 is 0. The number of methoxy groups -OCH3 is 1. The quantitative estimate of drug-likeness (QED) is 0.321. The van der Waals surface area contributed by atoms with Crippen molar-refractivity contribution in [1.82, 2.24) is 19.9 Å². The Morgan fingerprint density at radius 2 is 1.71 bits per heavy atom. The maximum Gasteiger partial charge on any atom is 0.280 e. The van der Waals surface area contributed by atoms with Gasteiger partial charge in [0.1, 0.15) is 17.0 Å². The molecule has 0 aliphatic rings. The zero-order valence-corrected chi connectivity index (χ0v) is 20.1. The van der Waals surface area contributed by atoms with Gasteiger partial charge in [0.25, 0.3) is 12.3 Å². The van der Waals surface area contributed by atoms with Crippen LogP contribution in [0.2, 0.25) is 0 Å². The number of amides is 1. The molecule has 2 heterocycles. The number of alkyl halides is 2. The molecule has 0 aliphatic carbocycles. The molecule has 182 valence electrons. The first-order valence-corrected chi connectivity index (χ1v) is 11.5. The van der Waals surface area contributed by atoms with Crippen LogP contribution in [0.4, 0.5) is 8.78 Å². The number of halogens is 2. The van der Waals surface area contributed by atoms with Gasteiger partial charge >= 0.3 is 0 Å². The van der Waals surface area contributed by atoms with E-state index in [2.05, 4.69) is 41.4 Å². The van der Waals surface area contributed by atoms with E-state index in [0.717, 1.165) is 16.5 Å². The van der Waals surface area contributed by atoms with Crippen molar-refractivity contribution in [3.63, 3.8) is 0 Å². The third-order valence-corrected chi connectivity index (χ3v) is 6.32. The average Bonchev–Trinajstić information content (AvgIpc) is 3.31. The molecule has 0 aliphatic heterocycles. The Balaban J connectivity index is 1.65. The Labute approximate surface area is 203 Å². The van der Waals surface area contributed by atoms with Gasteiger partial charge in [-0.05, 0) is 60.7 Å². The van der Waals surface area contributed by atoms with E-state index in [1.165, 1.54) is 17.8 Å². The van der Waals surface area contributed by atoms with Crippen LogP contribution in [0, 0.1) is 0 Å². The fraction of sp³-hybridized carbons (Fsp3) is 0.296. The third kappa shape index (κ3) is 5.01. The first-order chi connectivity index (χ1) is 16.8. The Morgan fingerprint density at radius 1 is 1.06 bits per heavy atom. The molecule has 4 aromatic rings. The summed E-state index contributed by atoms with van der Waals surface area (Å²) in [5.41, 5.74) is 3.00. The predicted octanol–water partition coefficient (Wildman–Crippen LogP) is 6.35. The normalized spacial score (nSPS) is 13.1. The van der Waals surface area contributed by atoms with Crippen LogP contribution in [0.25, 0.3) is 16.9 Å². The van der Waals surface area contributed by atoms with Gasteiger partial charge in [-0.3, -0.25) is 4.79 Å². The van der Waals surface area contributed by atoms with Crippen LogP contribution in [0.1, 0.15) is 72.8 Å². The maximum atomic E-state index is 13.9. The van der Waals surface area contributed by atoms with Crippen molar-refractivity contribution in [3.05, 3.63) is 83.2 Å². The highest BCUT2D eigenvalue weighted by molar-refractivity contribution is 6.00. The number of nitrogens with zero attached hydrogens (tertiary/aromatic N) is 3. The number of hydrogen-bond donors (Lipinski definition) is 1. The second kappa shape index (κ2) is 10.2. The molecular weight excluding hydrogens is 450 g/mol. The molecule has 0 spiro atoms. The average molecular weight is 479 g/mol. The Morgan fingerprint density at radius 3 is 2.31 bits per heavy atom. The van der Waals surface area contributed by atoms with Gasteiger partial charge in [0.05, 0.1) is 25.0 Å². The van der Waals surface area contributed by atoms with Crippen molar-refractivity contribution < 1.29 is 18.3 Å². The van der Waals surface area contributed by atoms with Crippen LogP contribution in [0.15, 0.2) is 60.8 Å². The highest BCUT2D eigenvalue weighted by Gasteiger charge is 2.22. The predicted molar refractivity (Wildman–Crippen MR) is 131 cm³/mol. The molecule has 6 nitrogen and oxygen atoms in total. The van der Waals surface area contributed by atoms with Gasteiger partial charge in [-0.2, -0.15) is 5.10 Å². The number of benzene rings is 2. The van der Waals surface area contributed by atoms with Crippen molar-refractivity contribution in [2.75, 3.05) is 7.11 Å². The minimum absolute atomic E-state index is 0.0745. The summed E-state index contributed by atoms with van der Waals surface area (Å²) in [6, 6.07) is 16.0. The molecule has 0 fully saturated rings. The summed E-state index contributed by atoms with van der Waals surface area (Å²) in [4.78, 5) is 17.6. The van der Waals surface area contributed by atoms with Gasteiger partial charge in [-0.15, -0.1) is 0 Å². The van der Waals surface area contributed by atoms with E-state index in [4.69, 9.17) is 4.74 Å². The summed E-state index contributed by atoms with van der Waals surface area (Å²) in [5, 5.41) is 6.98. The number of carbonyl (C=O) groups excluding carboxylic acids is 1. The maximum absolute atomic E-state index is 13.9. The van der Waals surface area contributed by atoms with Crippen molar-refractivity contribution in [3.8, 4) is 17.0 Å². The number of carbonyl (C=O) groups is 1. The molecule has 0 saturated heterocycles. The van der Waals surface area contributed by atoms with E-state index in [-0.39, 0.29) is 22.9 Å². The molecule has 1 amide bonds. The minimum atomic E-state index is -2.80. The lowest BCUT2D eigenvalue weighted by molar-refractivity contribution is 0.0941. The van der Waals surface area contributed by atoms with Crippen molar-refractivity contribution >= 4 is 11.6 Å². The van der Waals surface area contributed by atoms with Gasteiger partial charge in [-0.1, -0.05) is 38.1 Å². The van der Waals surface area contributed by atoms with Crippen molar-refractivity contribution in [2.45, 2.75) is 45.6 Å². The van der Waals surface area contributed by atoms with Gasteiger partial charge in [0, 0.05) is 5.56 Å². The monoisotopic (exact) mass is 478 g/mol. The van der Waals surface area contributed by atoms with Crippen LogP contribution in [0.3, 0.4) is 0 Å².